The van der Waals surface area contributed by atoms with Gasteiger partial charge in [-0.2, -0.15) is 0 Å². The van der Waals surface area contributed by atoms with Gasteiger partial charge in [0, 0.05) is 23.2 Å². The van der Waals surface area contributed by atoms with Crippen LogP contribution in [0.1, 0.15) is 38.3 Å². The van der Waals surface area contributed by atoms with Crippen LogP contribution in [0.5, 0.6) is 5.75 Å². The highest BCUT2D eigenvalue weighted by molar-refractivity contribution is 5.85. The minimum atomic E-state index is -0.231. The highest BCUT2D eigenvalue weighted by Gasteiger charge is 2.14. The van der Waals surface area contributed by atoms with Gasteiger partial charge in [-0.05, 0) is 32.4 Å². The Balaban J connectivity index is 0.00000264. The van der Waals surface area contributed by atoms with Gasteiger partial charge < -0.3 is 10.1 Å². The minimum absolute atomic E-state index is 0. The number of benzene rings is 2. The molecule has 0 bridgehead atoms. The molecular weight excluding hydrogens is 313 g/mol. The second-order valence-corrected chi connectivity index (χ2v) is 6.08. The Morgan fingerprint density at radius 2 is 1.61 bits per heavy atom. The normalized spacial score (nSPS) is 11.0. The van der Waals surface area contributed by atoms with Gasteiger partial charge in [0.05, 0.1) is 0 Å². The van der Waals surface area contributed by atoms with Gasteiger partial charge in [-0.25, -0.2) is 4.39 Å². The van der Waals surface area contributed by atoms with E-state index in [2.05, 4.69) is 26.1 Å². The highest BCUT2D eigenvalue weighted by Crippen LogP contribution is 2.21. The van der Waals surface area contributed by atoms with Crippen LogP contribution in [0.2, 0.25) is 0 Å². The summed E-state index contributed by atoms with van der Waals surface area (Å²) in [7, 11) is 0. The zero-order valence-electron chi connectivity index (χ0n) is 13.9. The van der Waals surface area contributed by atoms with Crippen molar-refractivity contribution in [2.45, 2.75) is 45.9 Å². The van der Waals surface area contributed by atoms with E-state index in [0.29, 0.717) is 5.56 Å². The second-order valence-electron chi connectivity index (χ2n) is 6.08. The Hall–Kier alpha value is -1.58. The zero-order chi connectivity index (χ0) is 16.0. The average Bonchev–Trinajstić information content (AvgIpc) is 2.53. The molecule has 126 valence electrons. The van der Waals surface area contributed by atoms with E-state index < -0.39 is 0 Å². The average molecular weight is 338 g/mol. The molecule has 0 atom stereocenters. The van der Waals surface area contributed by atoms with E-state index in [1.54, 1.807) is 12.1 Å². The van der Waals surface area contributed by atoms with Crippen LogP contribution in [-0.2, 0) is 13.2 Å². The van der Waals surface area contributed by atoms with Crippen molar-refractivity contribution in [3.05, 3.63) is 65.5 Å². The summed E-state index contributed by atoms with van der Waals surface area (Å²) in [5, 5.41) is 3.52. The lowest BCUT2D eigenvalue weighted by molar-refractivity contribution is 0.293. The topological polar surface area (TPSA) is 21.3 Å². The molecule has 2 nitrogen and oxygen atoms in total. The van der Waals surface area contributed by atoms with Crippen molar-refractivity contribution >= 4 is 12.4 Å². The van der Waals surface area contributed by atoms with Gasteiger partial charge in [0.25, 0.3) is 0 Å². The molecule has 0 heterocycles. The van der Waals surface area contributed by atoms with E-state index in [9.17, 15) is 4.39 Å². The first-order valence-corrected chi connectivity index (χ1v) is 7.71. The van der Waals surface area contributed by atoms with Crippen LogP contribution in [0, 0.1) is 5.82 Å². The lowest BCUT2D eigenvalue weighted by atomic mass is 10.0. The maximum absolute atomic E-state index is 13.7. The van der Waals surface area contributed by atoms with Crippen LogP contribution in [0.15, 0.2) is 48.5 Å². The van der Waals surface area contributed by atoms with Crippen LogP contribution in [0.4, 0.5) is 4.39 Å². The molecular formula is C19H25ClFNO. The summed E-state index contributed by atoms with van der Waals surface area (Å²) in [6.07, 6.45) is 1.05. The minimum Gasteiger partial charge on any atom is -0.488 e. The van der Waals surface area contributed by atoms with Crippen molar-refractivity contribution in [3.63, 3.8) is 0 Å². The van der Waals surface area contributed by atoms with Crippen molar-refractivity contribution in [1.29, 1.82) is 0 Å². The largest absolute Gasteiger partial charge is 0.488 e. The molecule has 0 saturated carbocycles. The number of hydrogen-bond donors (Lipinski definition) is 1. The second kappa shape index (κ2) is 8.90. The molecule has 2 rings (SSSR count). The summed E-state index contributed by atoms with van der Waals surface area (Å²) in [5.74, 6) is 0.565. The Bertz CT molecular complexity index is 616. The van der Waals surface area contributed by atoms with Crippen LogP contribution >= 0.6 is 12.4 Å². The van der Waals surface area contributed by atoms with Crippen molar-refractivity contribution in [2.75, 3.05) is 0 Å². The third kappa shape index (κ3) is 5.85. The third-order valence-corrected chi connectivity index (χ3v) is 3.95. The standard InChI is InChI=1S/C19H24FNO.ClH/c1-4-19(2,3)21-13-15-9-6-8-12-18(15)22-14-16-10-5-7-11-17(16)20;/h5-12,21H,4,13-14H2,1-3H3;1H. The Kier molecular flexibility index (Phi) is 7.53. The lowest BCUT2D eigenvalue weighted by Gasteiger charge is -2.25. The first-order valence-electron chi connectivity index (χ1n) is 7.71. The van der Waals surface area contributed by atoms with E-state index >= 15 is 0 Å². The van der Waals surface area contributed by atoms with E-state index in [4.69, 9.17) is 4.74 Å². The van der Waals surface area contributed by atoms with E-state index in [0.717, 1.165) is 24.3 Å². The molecule has 0 aliphatic heterocycles. The molecule has 2 aromatic carbocycles. The fourth-order valence-corrected chi connectivity index (χ4v) is 2.02. The van der Waals surface area contributed by atoms with Gasteiger partial charge in [0.15, 0.2) is 0 Å². The van der Waals surface area contributed by atoms with Gasteiger partial charge >= 0.3 is 0 Å². The monoisotopic (exact) mass is 337 g/mol. The van der Waals surface area contributed by atoms with Gasteiger partial charge in [0.2, 0.25) is 0 Å². The SMILES string of the molecule is CCC(C)(C)NCc1ccccc1OCc1ccccc1F.Cl. The summed E-state index contributed by atoms with van der Waals surface area (Å²) in [6.45, 7) is 7.48. The fraction of sp³-hybridized carbons (Fsp3) is 0.368. The number of rotatable bonds is 7. The molecule has 1 N–H and O–H groups in total. The molecule has 0 fully saturated rings. The summed E-state index contributed by atoms with van der Waals surface area (Å²) in [6, 6.07) is 14.6. The molecule has 4 heteroatoms. The molecule has 0 aliphatic rings. The van der Waals surface area contributed by atoms with Crippen LogP contribution in [0.25, 0.3) is 0 Å². The molecule has 0 unspecified atom stereocenters. The maximum Gasteiger partial charge on any atom is 0.129 e. The van der Waals surface area contributed by atoms with E-state index in [1.807, 2.05) is 30.3 Å². The van der Waals surface area contributed by atoms with Crippen LogP contribution in [-0.4, -0.2) is 5.54 Å². The van der Waals surface area contributed by atoms with Gasteiger partial charge in [-0.15, -0.1) is 12.4 Å². The number of halogens is 2. The number of para-hydroxylation sites is 1. The molecule has 2 aromatic rings. The Morgan fingerprint density at radius 1 is 1.00 bits per heavy atom. The summed E-state index contributed by atoms with van der Waals surface area (Å²) >= 11 is 0. The summed E-state index contributed by atoms with van der Waals surface area (Å²) in [5.41, 5.74) is 1.73. The first kappa shape index (κ1) is 19.5. The summed E-state index contributed by atoms with van der Waals surface area (Å²) in [4.78, 5) is 0. The fourth-order valence-electron chi connectivity index (χ4n) is 2.02. The van der Waals surface area contributed by atoms with Crippen molar-refractivity contribution < 1.29 is 9.13 Å². The van der Waals surface area contributed by atoms with Crippen LogP contribution in [0.3, 0.4) is 0 Å². The molecule has 0 amide bonds. The van der Waals surface area contributed by atoms with Gasteiger partial charge in [0.1, 0.15) is 18.2 Å². The lowest BCUT2D eigenvalue weighted by Crippen LogP contribution is -2.37. The number of ether oxygens (including phenoxy) is 1. The molecule has 23 heavy (non-hydrogen) atoms. The third-order valence-electron chi connectivity index (χ3n) is 3.95. The molecule has 0 aromatic heterocycles. The van der Waals surface area contributed by atoms with Crippen molar-refractivity contribution in [3.8, 4) is 5.75 Å². The number of nitrogens with one attached hydrogen (secondary N) is 1. The van der Waals surface area contributed by atoms with E-state index in [1.165, 1.54) is 6.07 Å². The molecule has 0 aliphatic carbocycles. The van der Waals surface area contributed by atoms with Crippen molar-refractivity contribution in [2.24, 2.45) is 0 Å². The first-order chi connectivity index (χ1) is 10.5. The maximum atomic E-state index is 13.7. The van der Waals surface area contributed by atoms with Crippen molar-refractivity contribution in [1.82, 2.24) is 5.32 Å². The van der Waals surface area contributed by atoms with Gasteiger partial charge in [-0.3, -0.25) is 0 Å². The van der Waals surface area contributed by atoms with Gasteiger partial charge in [-0.1, -0.05) is 43.3 Å². The number of hydrogen-bond acceptors (Lipinski definition) is 2. The quantitative estimate of drug-likeness (QED) is 0.758. The smallest absolute Gasteiger partial charge is 0.129 e. The Labute approximate surface area is 144 Å². The Morgan fingerprint density at radius 3 is 2.26 bits per heavy atom. The molecule has 0 spiro atoms. The highest BCUT2D eigenvalue weighted by atomic mass is 35.5. The molecule has 0 saturated heterocycles. The molecule has 0 radical (unpaired) electrons. The van der Waals surface area contributed by atoms with E-state index in [-0.39, 0.29) is 30.4 Å². The predicted molar refractivity (Wildman–Crippen MR) is 95.6 cm³/mol. The zero-order valence-corrected chi connectivity index (χ0v) is 14.8. The summed E-state index contributed by atoms with van der Waals surface area (Å²) < 4.78 is 19.5. The van der Waals surface area contributed by atoms with Crippen LogP contribution < -0.4 is 10.1 Å². The predicted octanol–water partition coefficient (Wildman–Crippen LogP) is 5.10.